The molecule has 0 aliphatic heterocycles. The normalized spacial score (nSPS) is 10.6. The monoisotopic (exact) mass is 1340 g/mol. The van der Waals surface area contributed by atoms with Crippen LogP contribution < -0.4 is 0 Å². The standard InChI is InChI=1S/C16H18O2.C16H18O.4C16H18.2CH4/c1-10(2)13-8-14(16(18)15(17)9-13)12-6-4-11(3)5-7-12;1-11(2)14-8-9-16(17)15(10-14)13-6-4-12(3)5-7-13;1-12(2)14-7-5-9-16(11-14)15-8-4-6-13(3)10-15;2*1-12(2)14-8-6-9-15(11-14)16-10-5-4-7-13(16)3;1-12(2)15-5-4-6-16(11-15)14-9-7-13(3)8-10-14;;/h4-10,17-18H,1-3H3;4-11,17H,1-3H3;4*4-12H,1-3H3;2*1H4. The van der Waals surface area contributed by atoms with Crippen molar-refractivity contribution in [1.82, 2.24) is 0 Å². The molecule has 101 heavy (non-hydrogen) atoms. The second kappa shape index (κ2) is 39.7. The molecule has 526 valence electrons. The van der Waals surface area contributed by atoms with Crippen LogP contribution in [-0.2, 0) is 0 Å². The summed E-state index contributed by atoms with van der Waals surface area (Å²) in [5, 5.41) is 29.7. The minimum atomic E-state index is -0.0585. The van der Waals surface area contributed by atoms with Gasteiger partial charge >= 0.3 is 0 Å². The number of phenols is 3. The Balaban J connectivity index is 0.000000218. The van der Waals surface area contributed by atoms with Crippen molar-refractivity contribution in [2.24, 2.45) is 0 Å². The predicted molar refractivity (Wildman–Crippen MR) is 443 cm³/mol. The first-order valence-electron chi connectivity index (χ1n) is 35.4. The molecule has 0 fully saturated rings. The lowest BCUT2D eigenvalue weighted by atomic mass is 9.95. The molecule has 0 amide bonds. The Kier molecular flexibility index (Phi) is 32.1. The Bertz CT molecular complexity index is 4370. The molecule has 0 aliphatic carbocycles. The van der Waals surface area contributed by atoms with Crippen LogP contribution in [0.1, 0.15) is 200 Å². The van der Waals surface area contributed by atoms with Crippen LogP contribution >= 0.6 is 0 Å². The molecule has 0 heterocycles. The van der Waals surface area contributed by atoms with Crippen molar-refractivity contribution in [3.63, 3.8) is 0 Å². The van der Waals surface area contributed by atoms with Crippen molar-refractivity contribution >= 4 is 0 Å². The van der Waals surface area contributed by atoms with Crippen molar-refractivity contribution in [2.75, 3.05) is 0 Å². The van der Waals surface area contributed by atoms with Crippen LogP contribution in [0.4, 0.5) is 0 Å². The predicted octanol–water partition coefficient (Wildman–Crippen LogP) is 29.1. The highest BCUT2D eigenvalue weighted by molar-refractivity contribution is 5.75. The Morgan fingerprint density at radius 3 is 0.881 bits per heavy atom. The average molecular weight is 1340 g/mol. The minimum Gasteiger partial charge on any atom is -0.507 e. The number of phenolic OH excluding ortho intramolecular Hbond substituents is 3. The summed E-state index contributed by atoms with van der Waals surface area (Å²) in [4.78, 5) is 0. The van der Waals surface area contributed by atoms with Crippen molar-refractivity contribution in [3.05, 3.63) is 340 Å². The largest absolute Gasteiger partial charge is 0.507 e. The lowest BCUT2D eigenvalue weighted by molar-refractivity contribution is 0.404. The highest BCUT2D eigenvalue weighted by Crippen LogP contribution is 2.40. The smallest absolute Gasteiger partial charge is 0.165 e. The van der Waals surface area contributed by atoms with Gasteiger partial charge in [0.15, 0.2) is 11.5 Å². The molecular weight excluding hydrogens is 1230 g/mol. The number of aromatic hydroxyl groups is 3. The topological polar surface area (TPSA) is 60.7 Å². The summed E-state index contributed by atoms with van der Waals surface area (Å²) in [5.41, 5.74) is 29.7. The van der Waals surface area contributed by atoms with Crippen LogP contribution in [0.5, 0.6) is 17.2 Å². The summed E-state index contributed by atoms with van der Waals surface area (Å²) >= 11 is 0. The summed E-state index contributed by atoms with van der Waals surface area (Å²) < 4.78 is 0. The van der Waals surface area contributed by atoms with Gasteiger partial charge in [0, 0.05) is 11.1 Å². The van der Waals surface area contributed by atoms with Crippen LogP contribution in [0.25, 0.3) is 66.8 Å². The lowest BCUT2D eigenvalue weighted by Crippen LogP contribution is -1.89. The molecule has 12 rings (SSSR count). The third-order valence-electron chi connectivity index (χ3n) is 18.1. The quantitative estimate of drug-likeness (QED) is 0.107. The summed E-state index contributed by atoms with van der Waals surface area (Å²) in [7, 11) is 0. The van der Waals surface area contributed by atoms with Gasteiger partial charge in [0.1, 0.15) is 5.75 Å². The molecule has 3 N–H and O–H groups in total. The maximum Gasteiger partial charge on any atom is 0.165 e. The summed E-state index contributed by atoms with van der Waals surface area (Å²) in [6.45, 7) is 39.0. The third-order valence-corrected chi connectivity index (χ3v) is 18.1. The third kappa shape index (κ3) is 24.4. The van der Waals surface area contributed by atoms with Gasteiger partial charge in [-0.3, -0.25) is 0 Å². The van der Waals surface area contributed by atoms with Crippen molar-refractivity contribution < 1.29 is 15.3 Å². The molecule has 0 bridgehead atoms. The van der Waals surface area contributed by atoms with Crippen LogP contribution in [0, 0.1) is 41.5 Å². The first-order valence-corrected chi connectivity index (χ1v) is 35.4. The molecule has 12 aromatic rings. The second-order valence-electron chi connectivity index (χ2n) is 28.2. The van der Waals surface area contributed by atoms with Crippen molar-refractivity contribution in [3.8, 4) is 84.0 Å². The molecule has 0 saturated carbocycles. The van der Waals surface area contributed by atoms with Gasteiger partial charge in [-0.1, -0.05) is 369 Å². The van der Waals surface area contributed by atoms with E-state index < -0.39 is 0 Å². The molecule has 0 spiro atoms. The first kappa shape index (κ1) is 81.7. The molecule has 0 unspecified atom stereocenters. The highest BCUT2D eigenvalue weighted by Gasteiger charge is 2.14. The van der Waals surface area contributed by atoms with Crippen LogP contribution in [0.2, 0.25) is 0 Å². The van der Waals surface area contributed by atoms with E-state index in [0.717, 1.165) is 22.3 Å². The van der Waals surface area contributed by atoms with E-state index >= 15 is 0 Å². The molecule has 0 saturated heterocycles. The Hall–Kier alpha value is -9.96. The fourth-order valence-corrected chi connectivity index (χ4v) is 11.5. The van der Waals surface area contributed by atoms with E-state index in [1.807, 2.05) is 43.3 Å². The molecule has 0 aliphatic rings. The fraction of sp³-hybridized carbons (Fsp3) is 0.265. The van der Waals surface area contributed by atoms with Gasteiger partial charge in [-0.05, 0) is 201 Å². The molecule has 3 nitrogen and oxygen atoms in total. The summed E-state index contributed by atoms with van der Waals surface area (Å²) in [5.74, 6) is 3.36. The van der Waals surface area contributed by atoms with E-state index in [-0.39, 0.29) is 26.4 Å². The maximum absolute atomic E-state index is 9.98. The SMILES string of the molecule is C.C.Cc1ccc(-c2cc(C(C)C)cc(O)c2O)cc1.Cc1ccc(-c2cc(C(C)C)ccc2O)cc1.Cc1ccc(-c2cccc(C(C)C)c2)cc1.Cc1cccc(-c2cccc(C(C)C)c2)c1.Cc1ccccc1-c1cccc(C(C)C)c1.Cc1ccccc1-c1cccc(C(C)C)c1. The van der Waals surface area contributed by atoms with Gasteiger partial charge in [0.05, 0.1) is 0 Å². The summed E-state index contributed by atoms with van der Waals surface area (Å²) in [6, 6.07) is 95.3. The number of hydrogen-bond donors (Lipinski definition) is 3. The molecule has 12 aromatic carbocycles. The minimum absolute atomic E-state index is 0. The number of benzene rings is 12. The average Bonchev–Trinajstić information content (AvgIpc) is 0.826. The number of rotatable bonds is 12. The van der Waals surface area contributed by atoms with Crippen LogP contribution in [-0.4, -0.2) is 15.3 Å². The second-order valence-corrected chi connectivity index (χ2v) is 28.2. The van der Waals surface area contributed by atoms with Crippen LogP contribution in [0.15, 0.2) is 273 Å². The molecule has 0 atom stereocenters. The molecule has 0 radical (unpaired) electrons. The number of hydrogen-bond acceptors (Lipinski definition) is 3. The molecular formula is C98H116O3. The van der Waals surface area contributed by atoms with Gasteiger partial charge in [0.25, 0.3) is 0 Å². The Morgan fingerprint density at radius 2 is 0.505 bits per heavy atom. The highest BCUT2D eigenvalue weighted by atomic mass is 16.3. The lowest BCUT2D eigenvalue weighted by Gasteiger charge is -2.12. The van der Waals surface area contributed by atoms with E-state index in [1.165, 1.54) is 106 Å². The Labute approximate surface area is 610 Å². The van der Waals surface area contributed by atoms with Gasteiger partial charge in [-0.15, -0.1) is 0 Å². The van der Waals surface area contributed by atoms with Gasteiger partial charge < -0.3 is 15.3 Å². The molecule has 3 heteroatoms. The zero-order valence-electron chi connectivity index (χ0n) is 62.3. The maximum atomic E-state index is 9.98. The fourth-order valence-electron chi connectivity index (χ4n) is 11.5. The van der Waals surface area contributed by atoms with E-state index in [4.69, 9.17) is 0 Å². The Morgan fingerprint density at radius 1 is 0.198 bits per heavy atom. The molecule has 0 aromatic heterocycles. The van der Waals surface area contributed by atoms with Crippen molar-refractivity contribution in [1.29, 1.82) is 0 Å². The van der Waals surface area contributed by atoms with Gasteiger partial charge in [-0.25, -0.2) is 0 Å². The van der Waals surface area contributed by atoms with Gasteiger partial charge in [0.2, 0.25) is 0 Å². The van der Waals surface area contributed by atoms with Crippen LogP contribution in [0.3, 0.4) is 0 Å². The first-order chi connectivity index (χ1) is 47.3. The van der Waals surface area contributed by atoms with E-state index in [0.29, 0.717) is 46.8 Å². The van der Waals surface area contributed by atoms with E-state index in [9.17, 15) is 15.3 Å². The summed E-state index contributed by atoms with van der Waals surface area (Å²) in [6.07, 6.45) is 0. The van der Waals surface area contributed by atoms with Gasteiger partial charge in [-0.2, -0.15) is 0 Å². The zero-order valence-corrected chi connectivity index (χ0v) is 62.3. The van der Waals surface area contributed by atoms with E-state index in [1.54, 1.807) is 12.1 Å². The zero-order chi connectivity index (χ0) is 71.9. The van der Waals surface area contributed by atoms with Crippen molar-refractivity contribution in [2.45, 2.75) is 175 Å². The van der Waals surface area contributed by atoms with E-state index in [2.05, 4.69) is 342 Å². The number of aryl methyl sites for hydroxylation is 6.